The summed E-state index contributed by atoms with van der Waals surface area (Å²) in [6.07, 6.45) is 8.67. The van der Waals surface area contributed by atoms with E-state index in [2.05, 4.69) is 0 Å². The first-order chi connectivity index (χ1) is 12.0. The van der Waals surface area contributed by atoms with E-state index < -0.39 is 12.1 Å². The molecule has 1 aliphatic carbocycles. The molecule has 0 bridgehead atoms. The van der Waals surface area contributed by atoms with Gasteiger partial charge in [-0.2, -0.15) is 0 Å². The molecule has 0 aromatic rings. The van der Waals surface area contributed by atoms with Gasteiger partial charge in [-0.1, -0.05) is 25.3 Å². The Hall–Kier alpha value is -1.20. The molecule has 0 aliphatic heterocycles. The zero-order valence-electron chi connectivity index (χ0n) is 14.7. The lowest BCUT2D eigenvalue weighted by Gasteiger charge is -2.17. The minimum Gasteiger partial charge on any atom is -0.481 e. The minimum atomic E-state index is -0.782. The first-order valence-corrected chi connectivity index (χ1v) is 9.68. The lowest BCUT2D eigenvalue weighted by Crippen LogP contribution is -2.19. The smallest absolute Gasteiger partial charge is 0.303 e. The Morgan fingerprint density at radius 2 is 1.76 bits per heavy atom. The molecular weight excluding hydrogens is 344 g/mol. The van der Waals surface area contributed by atoms with Crippen molar-refractivity contribution >= 4 is 29.1 Å². The molecule has 0 spiro atoms. The van der Waals surface area contributed by atoms with Gasteiger partial charge < -0.3 is 10.2 Å². The average molecular weight is 373 g/mol. The van der Waals surface area contributed by atoms with Crippen LogP contribution in [0.15, 0.2) is 12.2 Å². The summed E-state index contributed by atoms with van der Waals surface area (Å²) >= 11 is 5.59. The van der Waals surface area contributed by atoms with Gasteiger partial charge >= 0.3 is 5.97 Å². The van der Waals surface area contributed by atoms with Gasteiger partial charge in [0, 0.05) is 37.0 Å². The summed E-state index contributed by atoms with van der Waals surface area (Å²) in [6.45, 7) is 0. The number of rotatable bonds is 13. The van der Waals surface area contributed by atoms with E-state index in [-0.39, 0.29) is 36.2 Å². The molecule has 1 rings (SSSR count). The van der Waals surface area contributed by atoms with Gasteiger partial charge in [0.05, 0.1) is 6.10 Å². The van der Waals surface area contributed by atoms with E-state index in [1.165, 1.54) is 6.08 Å². The van der Waals surface area contributed by atoms with Gasteiger partial charge in [-0.05, 0) is 31.8 Å². The van der Waals surface area contributed by atoms with Crippen molar-refractivity contribution in [2.24, 2.45) is 11.8 Å². The third-order valence-corrected chi connectivity index (χ3v) is 4.97. The predicted octanol–water partition coefficient (Wildman–Crippen LogP) is 3.51. The van der Waals surface area contributed by atoms with Crippen LogP contribution in [-0.4, -0.2) is 39.7 Å². The highest BCUT2D eigenvalue weighted by Gasteiger charge is 2.39. The van der Waals surface area contributed by atoms with Crippen LogP contribution in [0, 0.1) is 11.8 Å². The number of hydrogen-bond donors (Lipinski definition) is 2. The minimum absolute atomic E-state index is 0.00378. The number of aliphatic carboxylic acids is 1. The van der Waals surface area contributed by atoms with Crippen molar-refractivity contribution in [1.29, 1.82) is 0 Å². The van der Waals surface area contributed by atoms with Crippen LogP contribution in [0.5, 0.6) is 0 Å². The molecule has 6 heteroatoms. The van der Waals surface area contributed by atoms with Crippen molar-refractivity contribution in [1.82, 2.24) is 0 Å². The summed E-state index contributed by atoms with van der Waals surface area (Å²) in [5.41, 5.74) is 0. The second kappa shape index (κ2) is 12.2. The molecule has 3 atom stereocenters. The van der Waals surface area contributed by atoms with E-state index in [4.69, 9.17) is 16.7 Å². The fraction of sp³-hybridized carbons (Fsp3) is 0.737. The molecular formula is C19H29ClO5. The van der Waals surface area contributed by atoms with Gasteiger partial charge in [-0.25, -0.2) is 0 Å². The molecule has 0 aromatic carbocycles. The number of allylic oxidation sites excluding steroid dienone is 1. The molecule has 0 saturated heterocycles. The molecule has 1 fully saturated rings. The molecule has 5 nitrogen and oxygen atoms in total. The molecule has 0 heterocycles. The number of unbranched alkanes of at least 4 members (excludes halogenated alkanes) is 4. The average Bonchev–Trinajstić information content (AvgIpc) is 2.82. The van der Waals surface area contributed by atoms with Crippen LogP contribution in [-0.2, 0) is 14.4 Å². The monoisotopic (exact) mass is 372 g/mol. The van der Waals surface area contributed by atoms with Crippen molar-refractivity contribution in [2.45, 2.75) is 70.3 Å². The molecule has 0 unspecified atom stereocenters. The molecule has 0 aromatic heterocycles. The maximum atomic E-state index is 12.1. The Labute approximate surface area is 154 Å². The first kappa shape index (κ1) is 21.8. The van der Waals surface area contributed by atoms with Gasteiger partial charge in [0.2, 0.25) is 0 Å². The largest absolute Gasteiger partial charge is 0.481 e. The third-order valence-electron chi connectivity index (χ3n) is 4.70. The molecule has 2 N–H and O–H groups in total. The Kier molecular flexibility index (Phi) is 10.7. The van der Waals surface area contributed by atoms with Gasteiger partial charge in [0.15, 0.2) is 5.78 Å². The van der Waals surface area contributed by atoms with Crippen LogP contribution in [0.4, 0.5) is 0 Å². The molecule has 1 aliphatic rings. The number of ketones is 2. The third kappa shape index (κ3) is 8.63. The number of carboxylic acids is 1. The molecule has 0 radical (unpaired) electrons. The van der Waals surface area contributed by atoms with E-state index >= 15 is 0 Å². The number of carbonyl (C=O) groups is 3. The summed E-state index contributed by atoms with van der Waals surface area (Å²) in [5, 5.41) is 18.7. The zero-order valence-corrected chi connectivity index (χ0v) is 15.4. The summed E-state index contributed by atoms with van der Waals surface area (Å²) in [5.74, 6) is -0.701. The Bertz CT molecular complexity index is 474. The highest BCUT2D eigenvalue weighted by Crippen LogP contribution is 2.34. The number of halogens is 1. The quantitative estimate of drug-likeness (QED) is 0.293. The fourth-order valence-corrected chi connectivity index (χ4v) is 3.47. The SMILES string of the molecule is O=C(O)CCCCCC[C@H]1C(=O)C[C@@H](O)[C@@H]1C=CC(=O)CCCCCl. The predicted molar refractivity (Wildman–Crippen MR) is 96.7 cm³/mol. The van der Waals surface area contributed by atoms with Crippen LogP contribution in [0.25, 0.3) is 0 Å². The lowest BCUT2D eigenvalue weighted by atomic mass is 9.88. The molecule has 1 saturated carbocycles. The van der Waals surface area contributed by atoms with Gasteiger partial charge in [0.25, 0.3) is 0 Å². The van der Waals surface area contributed by atoms with Crippen LogP contribution in [0.3, 0.4) is 0 Å². The molecule has 25 heavy (non-hydrogen) atoms. The molecule has 142 valence electrons. The van der Waals surface area contributed by atoms with Crippen LogP contribution >= 0.6 is 11.6 Å². The number of aliphatic hydroxyl groups is 1. The van der Waals surface area contributed by atoms with Crippen molar-refractivity contribution in [3.8, 4) is 0 Å². The number of alkyl halides is 1. The highest BCUT2D eigenvalue weighted by molar-refractivity contribution is 6.17. The van der Waals surface area contributed by atoms with Crippen LogP contribution in [0.1, 0.15) is 64.2 Å². The van der Waals surface area contributed by atoms with Crippen LogP contribution < -0.4 is 0 Å². The van der Waals surface area contributed by atoms with E-state index in [1.807, 2.05) is 0 Å². The standard InChI is InChI=1S/C19H29ClO5/c20-12-6-5-7-14(21)10-11-16-15(17(22)13-18(16)23)8-3-1-2-4-9-19(24)25/h10-11,15-16,18,23H,1-9,12-13H2,(H,24,25)/t15-,16-,18-/m1/s1. The Morgan fingerprint density at radius 3 is 2.44 bits per heavy atom. The Morgan fingerprint density at radius 1 is 1.08 bits per heavy atom. The lowest BCUT2D eigenvalue weighted by molar-refractivity contribution is -0.137. The van der Waals surface area contributed by atoms with E-state index in [0.717, 1.165) is 32.1 Å². The summed E-state index contributed by atoms with van der Waals surface area (Å²) in [4.78, 5) is 34.4. The summed E-state index contributed by atoms with van der Waals surface area (Å²) < 4.78 is 0. The fourth-order valence-electron chi connectivity index (χ4n) is 3.28. The van der Waals surface area contributed by atoms with E-state index in [1.54, 1.807) is 6.08 Å². The summed E-state index contributed by atoms with van der Waals surface area (Å²) in [7, 11) is 0. The van der Waals surface area contributed by atoms with Gasteiger partial charge in [-0.15, -0.1) is 11.6 Å². The van der Waals surface area contributed by atoms with Gasteiger partial charge in [0.1, 0.15) is 5.78 Å². The zero-order chi connectivity index (χ0) is 18.7. The second-order valence-electron chi connectivity index (χ2n) is 6.74. The van der Waals surface area contributed by atoms with E-state index in [9.17, 15) is 19.5 Å². The number of aliphatic hydroxyl groups excluding tert-OH is 1. The number of hydrogen-bond acceptors (Lipinski definition) is 4. The summed E-state index contributed by atoms with van der Waals surface area (Å²) in [6, 6.07) is 0. The first-order valence-electron chi connectivity index (χ1n) is 9.15. The van der Waals surface area contributed by atoms with E-state index in [0.29, 0.717) is 25.1 Å². The van der Waals surface area contributed by atoms with Crippen molar-refractivity contribution in [2.75, 3.05) is 5.88 Å². The van der Waals surface area contributed by atoms with Crippen LogP contribution in [0.2, 0.25) is 0 Å². The van der Waals surface area contributed by atoms with Crippen molar-refractivity contribution < 1.29 is 24.6 Å². The van der Waals surface area contributed by atoms with Crippen molar-refractivity contribution in [3.63, 3.8) is 0 Å². The second-order valence-corrected chi connectivity index (χ2v) is 7.12. The Balaban J connectivity index is 2.40. The highest BCUT2D eigenvalue weighted by atomic mass is 35.5. The topological polar surface area (TPSA) is 91.7 Å². The maximum absolute atomic E-state index is 12.1. The number of carboxylic acid groups (broad SMARTS) is 1. The number of Topliss-reactive ketones (excluding diaryl/α,β-unsaturated/α-hetero) is 1. The van der Waals surface area contributed by atoms with Gasteiger partial charge in [-0.3, -0.25) is 14.4 Å². The normalized spacial score (nSPS) is 23.4. The number of carbonyl (C=O) groups excluding carboxylic acids is 2. The maximum Gasteiger partial charge on any atom is 0.303 e. The molecule has 0 amide bonds. The van der Waals surface area contributed by atoms with Crippen molar-refractivity contribution in [3.05, 3.63) is 12.2 Å².